The monoisotopic (exact) mass is 260 g/mol. The van der Waals surface area contributed by atoms with Gasteiger partial charge in [0.25, 0.3) is 0 Å². The van der Waals surface area contributed by atoms with Gasteiger partial charge in [0.1, 0.15) is 5.84 Å². The lowest BCUT2D eigenvalue weighted by Crippen LogP contribution is -2.24. The van der Waals surface area contributed by atoms with Gasteiger partial charge in [-0.3, -0.25) is 5.41 Å². The normalized spacial score (nSPS) is 13.9. The van der Waals surface area contributed by atoms with Gasteiger partial charge in [-0.1, -0.05) is 41.9 Å². The number of hydrogen-bond acceptors (Lipinski definition) is 1. The van der Waals surface area contributed by atoms with Gasteiger partial charge >= 0.3 is 0 Å². The Morgan fingerprint density at radius 1 is 1.11 bits per heavy atom. The summed E-state index contributed by atoms with van der Waals surface area (Å²) in [5.41, 5.74) is 2.22. The fourth-order valence-electron chi connectivity index (χ4n) is 2.19. The molecule has 0 unspecified atom stereocenters. The van der Waals surface area contributed by atoms with Crippen LogP contribution in [0.4, 0.5) is 10.1 Å². The molecule has 3 rings (SSSR count). The van der Waals surface area contributed by atoms with Crippen LogP contribution in [-0.2, 0) is 6.54 Å². The van der Waals surface area contributed by atoms with Crippen molar-refractivity contribution in [3.63, 3.8) is 0 Å². The lowest BCUT2D eigenvalue weighted by atomic mass is 10.1. The second kappa shape index (κ2) is 4.10. The summed E-state index contributed by atoms with van der Waals surface area (Å²) in [6, 6.07) is 12.5. The summed E-state index contributed by atoms with van der Waals surface area (Å²) in [7, 11) is 0. The Labute approximate surface area is 109 Å². The van der Waals surface area contributed by atoms with Gasteiger partial charge in [-0.2, -0.15) is 0 Å². The zero-order chi connectivity index (χ0) is 12.7. The SMILES string of the molecule is N=C1c2ccccc2CN1c1cccc(Cl)c1F. The maximum absolute atomic E-state index is 14.0. The van der Waals surface area contributed by atoms with Crippen molar-refractivity contribution < 1.29 is 4.39 Å². The molecule has 1 heterocycles. The van der Waals surface area contributed by atoms with Crippen molar-refractivity contribution in [1.29, 1.82) is 5.41 Å². The van der Waals surface area contributed by atoms with Crippen molar-refractivity contribution >= 4 is 23.1 Å². The Hall–Kier alpha value is -1.87. The fraction of sp³-hybridized carbons (Fsp3) is 0.0714. The van der Waals surface area contributed by atoms with E-state index >= 15 is 0 Å². The van der Waals surface area contributed by atoms with Gasteiger partial charge in [0.2, 0.25) is 0 Å². The lowest BCUT2D eigenvalue weighted by Gasteiger charge is -2.19. The molecule has 90 valence electrons. The fourth-order valence-corrected chi connectivity index (χ4v) is 2.36. The van der Waals surface area contributed by atoms with Crippen molar-refractivity contribution in [1.82, 2.24) is 0 Å². The molecule has 1 aliphatic rings. The third-order valence-electron chi connectivity index (χ3n) is 3.09. The van der Waals surface area contributed by atoms with E-state index in [1.54, 1.807) is 17.0 Å². The van der Waals surface area contributed by atoms with Crippen molar-refractivity contribution in [2.24, 2.45) is 0 Å². The predicted molar refractivity (Wildman–Crippen MR) is 70.9 cm³/mol. The number of benzene rings is 2. The zero-order valence-electron chi connectivity index (χ0n) is 9.45. The van der Waals surface area contributed by atoms with Gasteiger partial charge in [0.15, 0.2) is 5.82 Å². The Morgan fingerprint density at radius 2 is 1.89 bits per heavy atom. The quantitative estimate of drug-likeness (QED) is 0.829. The van der Waals surface area contributed by atoms with Gasteiger partial charge in [0.05, 0.1) is 17.3 Å². The summed E-state index contributed by atoms with van der Waals surface area (Å²) in [6.45, 7) is 0.506. The molecule has 0 spiro atoms. The first-order valence-electron chi connectivity index (χ1n) is 5.57. The van der Waals surface area contributed by atoms with Crippen molar-refractivity contribution in [3.05, 3.63) is 64.4 Å². The van der Waals surface area contributed by atoms with Gasteiger partial charge in [-0.25, -0.2) is 4.39 Å². The Bertz CT molecular complexity index is 639. The number of anilines is 1. The van der Waals surface area contributed by atoms with E-state index in [2.05, 4.69) is 0 Å². The Morgan fingerprint density at radius 3 is 2.67 bits per heavy atom. The first-order chi connectivity index (χ1) is 8.68. The molecule has 0 radical (unpaired) electrons. The largest absolute Gasteiger partial charge is 0.319 e. The number of rotatable bonds is 1. The molecule has 2 nitrogen and oxygen atoms in total. The lowest BCUT2D eigenvalue weighted by molar-refractivity contribution is 0.626. The average molecular weight is 261 g/mol. The first-order valence-corrected chi connectivity index (χ1v) is 5.94. The van der Waals surface area contributed by atoms with E-state index in [-0.39, 0.29) is 5.02 Å². The van der Waals surface area contributed by atoms with Crippen LogP contribution in [0, 0.1) is 11.2 Å². The summed E-state index contributed by atoms with van der Waals surface area (Å²) in [5.74, 6) is -0.163. The Balaban J connectivity index is 2.07. The number of fused-ring (bicyclic) bond motifs is 1. The summed E-state index contributed by atoms with van der Waals surface area (Å²) >= 11 is 5.78. The minimum absolute atomic E-state index is 0.0799. The molecular weight excluding hydrogens is 251 g/mol. The smallest absolute Gasteiger partial charge is 0.165 e. The number of hydrogen-bond donors (Lipinski definition) is 1. The molecule has 0 bridgehead atoms. The zero-order valence-corrected chi connectivity index (χ0v) is 10.2. The van der Waals surface area contributed by atoms with Gasteiger partial charge in [-0.05, 0) is 17.7 Å². The minimum Gasteiger partial charge on any atom is -0.319 e. The van der Waals surface area contributed by atoms with Crippen LogP contribution in [0.2, 0.25) is 5.02 Å². The van der Waals surface area contributed by atoms with E-state index in [1.165, 1.54) is 6.07 Å². The third-order valence-corrected chi connectivity index (χ3v) is 3.38. The molecule has 0 saturated carbocycles. The molecule has 0 fully saturated rings. The number of nitrogens with one attached hydrogen (secondary N) is 1. The summed E-state index contributed by atoms with van der Waals surface area (Å²) in [4.78, 5) is 1.63. The van der Waals surface area contributed by atoms with Crippen molar-refractivity contribution in [2.75, 3.05) is 4.90 Å². The van der Waals surface area contributed by atoms with Crippen LogP contribution < -0.4 is 4.90 Å². The van der Waals surface area contributed by atoms with Crippen LogP contribution in [-0.4, -0.2) is 5.84 Å². The van der Waals surface area contributed by atoms with E-state index in [1.807, 2.05) is 24.3 Å². The molecule has 1 aliphatic heterocycles. The highest BCUT2D eigenvalue weighted by Crippen LogP contribution is 2.32. The number of amidine groups is 1. The highest BCUT2D eigenvalue weighted by Gasteiger charge is 2.27. The maximum Gasteiger partial charge on any atom is 0.165 e. The van der Waals surface area contributed by atoms with Crippen LogP contribution >= 0.6 is 11.6 Å². The summed E-state index contributed by atoms with van der Waals surface area (Å²) < 4.78 is 14.0. The molecule has 1 N–H and O–H groups in total. The molecule has 2 aromatic rings. The second-order valence-electron chi connectivity index (χ2n) is 4.16. The number of halogens is 2. The molecule has 0 aromatic heterocycles. The average Bonchev–Trinajstić information content (AvgIpc) is 2.71. The van der Waals surface area contributed by atoms with Gasteiger partial charge < -0.3 is 4.90 Å². The summed E-state index contributed by atoms with van der Waals surface area (Å²) in [5, 5.41) is 8.19. The standard InChI is InChI=1S/C14H10ClFN2/c15-11-6-3-7-12(13(11)16)18-8-9-4-1-2-5-10(9)14(18)17/h1-7,17H,8H2. The van der Waals surface area contributed by atoms with Crippen molar-refractivity contribution in [2.45, 2.75) is 6.54 Å². The van der Waals surface area contributed by atoms with Crippen LogP contribution in [0.1, 0.15) is 11.1 Å². The predicted octanol–water partition coefficient (Wildman–Crippen LogP) is 3.82. The molecule has 0 saturated heterocycles. The third kappa shape index (κ3) is 1.59. The van der Waals surface area contributed by atoms with E-state index < -0.39 is 5.82 Å². The van der Waals surface area contributed by atoms with Gasteiger partial charge in [-0.15, -0.1) is 0 Å². The van der Waals surface area contributed by atoms with Crippen molar-refractivity contribution in [3.8, 4) is 0 Å². The van der Waals surface area contributed by atoms with Crippen LogP contribution in [0.15, 0.2) is 42.5 Å². The molecule has 4 heteroatoms. The first kappa shape index (κ1) is 11.2. The minimum atomic E-state index is -0.475. The van der Waals surface area contributed by atoms with Crippen LogP contribution in [0.3, 0.4) is 0 Å². The molecule has 0 aliphatic carbocycles. The molecule has 0 atom stereocenters. The topological polar surface area (TPSA) is 27.1 Å². The van der Waals surface area contributed by atoms with Crippen LogP contribution in [0.25, 0.3) is 0 Å². The second-order valence-corrected chi connectivity index (χ2v) is 4.57. The Kier molecular flexibility index (Phi) is 2.56. The van der Waals surface area contributed by atoms with Gasteiger partial charge in [0, 0.05) is 5.56 Å². The van der Waals surface area contributed by atoms with E-state index in [9.17, 15) is 4.39 Å². The summed E-state index contributed by atoms with van der Waals surface area (Å²) in [6.07, 6.45) is 0. The highest BCUT2D eigenvalue weighted by molar-refractivity contribution is 6.31. The maximum atomic E-state index is 14.0. The van der Waals surface area contributed by atoms with E-state index in [0.717, 1.165) is 11.1 Å². The van der Waals surface area contributed by atoms with E-state index in [4.69, 9.17) is 17.0 Å². The number of nitrogens with zero attached hydrogens (tertiary/aromatic N) is 1. The molecule has 2 aromatic carbocycles. The molecular formula is C14H10ClFN2. The van der Waals surface area contributed by atoms with Crippen LogP contribution in [0.5, 0.6) is 0 Å². The molecule has 0 amide bonds. The highest BCUT2D eigenvalue weighted by atomic mass is 35.5. The van der Waals surface area contributed by atoms with E-state index in [0.29, 0.717) is 18.1 Å². The molecule has 18 heavy (non-hydrogen) atoms.